The van der Waals surface area contributed by atoms with Gasteiger partial charge in [0.2, 0.25) is 0 Å². The minimum absolute atomic E-state index is 0.0114. The van der Waals surface area contributed by atoms with Crippen LogP contribution in [-0.2, 0) is 9.47 Å². The van der Waals surface area contributed by atoms with Crippen molar-refractivity contribution < 1.29 is 9.47 Å². The Morgan fingerprint density at radius 3 is 2.19 bits per heavy atom. The van der Waals surface area contributed by atoms with Gasteiger partial charge < -0.3 is 14.8 Å². The second-order valence-electron chi connectivity index (χ2n) is 4.75. The average molecular weight is 229 g/mol. The van der Waals surface area contributed by atoms with E-state index in [9.17, 15) is 0 Å². The summed E-state index contributed by atoms with van der Waals surface area (Å²) in [5.74, 6) is 0. The molecule has 1 fully saturated rings. The summed E-state index contributed by atoms with van der Waals surface area (Å²) in [6.07, 6.45) is 7.56. The van der Waals surface area contributed by atoms with Gasteiger partial charge in [-0.25, -0.2) is 0 Å². The van der Waals surface area contributed by atoms with E-state index in [4.69, 9.17) is 9.47 Å². The molecule has 0 aromatic rings. The molecule has 96 valence electrons. The number of rotatable bonds is 6. The lowest BCUT2D eigenvalue weighted by molar-refractivity contribution is -0.0691. The maximum Gasteiger partial charge on any atom is 0.0853 e. The Hall–Kier alpha value is -0.120. The van der Waals surface area contributed by atoms with E-state index in [2.05, 4.69) is 12.2 Å². The number of likely N-dealkylation sites (N-methyl/N-ethyl adjacent to an activating group) is 1. The second-order valence-corrected chi connectivity index (χ2v) is 4.75. The number of hydrogen-bond donors (Lipinski definition) is 1. The maximum atomic E-state index is 5.88. The first-order valence-electron chi connectivity index (χ1n) is 6.56. The number of hydrogen-bond acceptors (Lipinski definition) is 3. The standard InChI is InChI=1S/C13H27NO2/c1-4-14-12(11-15-2)13(16-3)9-7-5-6-8-10-13/h12,14H,4-11H2,1-3H3. The minimum Gasteiger partial charge on any atom is -0.383 e. The predicted molar refractivity (Wildman–Crippen MR) is 66.8 cm³/mol. The molecule has 0 radical (unpaired) electrons. The van der Waals surface area contributed by atoms with Gasteiger partial charge in [-0.1, -0.05) is 32.6 Å². The molecule has 0 bridgehead atoms. The van der Waals surface area contributed by atoms with Crippen molar-refractivity contribution in [2.24, 2.45) is 0 Å². The van der Waals surface area contributed by atoms with Gasteiger partial charge in [-0.3, -0.25) is 0 Å². The summed E-state index contributed by atoms with van der Waals surface area (Å²) in [7, 11) is 3.62. The lowest BCUT2D eigenvalue weighted by atomic mass is 9.86. The van der Waals surface area contributed by atoms with E-state index in [1.165, 1.54) is 25.7 Å². The molecule has 0 amide bonds. The van der Waals surface area contributed by atoms with E-state index in [1.54, 1.807) is 7.11 Å². The Bertz CT molecular complexity index is 171. The van der Waals surface area contributed by atoms with Gasteiger partial charge in [-0.2, -0.15) is 0 Å². The van der Waals surface area contributed by atoms with Crippen LogP contribution in [0, 0.1) is 0 Å². The highest BCUT2D eigenvalue weighted by molar-refractivity contribution is 4.94. The van der Waals surface area contributed by atoms with Crippen molar-refractivity contribution in [1.29, 1.82) is 0 Å². The third-order valence-electron chi connectivity index (χ3n) is 3.78. The first-order chi connectivity index (χ1) is 7.79. The zero-order valence-corrected chi connectivity index (χ0v) is 11.1. The second kappa shape index (κ2) is 7.25. The number of ether oxygens (including phenoxy) is 2. The van der Waals surface area contributed by atoms with Crippen LogP contribution in [0.25, 0.3) is 0 Å². The van der Waals surface area contributed by atoms with E-state index >= 15 is 0 Å². The SMILES string of the molecule is CCNC(COC)C1(OC)CCCCCC1. The Balaban J connectivity index is 2.71. The fourth-order valence-corrected chi connectivity index (χ4v) is 2.83. The van der Waals surface area contributed by atoms with Crippen molar-refractivity contribution in [2.45, 2.75) is 57.1 Å². The topological polar surface area (TPSA) is 30.5 Å². The van der Waals surface area contributed by atoms with Gasteiger partial charge in [-0.15, -0.1) is 0 Å². The Morgan fingerprint density at radius 1 is 1.12 bits per heavy atom. The van der Waals surface area contributed by atoms with Crippen LogP contribution in [0.2, 0.25) is 0 Å². The molecule has 0 spiro atoms. The summed E-state index contributed by atoms with van der Waals surface area (Å²) in [4.78, 5) is 0. The summed E-state index contributed by atoms with van der Waals surface area (Å²) < 4.78 is 11.2. The Labute approximate surface area is 99.9 Å². The van der Waals surface area contributed by atoms with Crippen LogP contribution in [0.4, 0.5) is 0 Å². The molecular formula is C13H27NO2. The molecule has 0 heterocycles. The van der Waals surface area contributed by atoms with Crippen LogP contribution in [0.1, 0.15) is 45.4 Å². The highest BCUT2D eigenvalue weighted by Gasteiger charge is 2.38. The molecule has 1 aliphatic carbocycles. The summed E-state index contributed by atoms with van der Waals surface area (Å²) >= 11 is 0. The predicted octanol–water partition coefficient (Wildman–Crippen LogP) is 2.35. The van der Waals surface area contributed by atoms with Gasteiger partial charge in [0.25, 0.3) is 0 Å². The van der Waals surface area contributed by atoms with Gasteiger partial charge in [0, 0.05) is 14.2 Å². The van der Waals surface area contributed by atoms with Crippen molar-refractivity contribution in [1.82, 2.24) is 5.32 Å². The zero-order valence-electron chi connectivity index (χ0n) is 11.1. The molecule has 3 nitrogen and oxygen atoms in total. The first kappa shape index (κ1) is 13.9. The monoisotopic (exact) mass is 229 g/mol. The fourth-order valence-electron chi connectivity index (χ4n) is 2.83. The number of nitrogens with one attached hydrogen (secondary N) is 1. The maximum absolute atomic E-state index is 5.88. The molecule has 1 saturated carbocycles. The van der Waals surface area contributed by atoms with Gasteiger partial charge in [0.05, 0.1) is 18.2 Å². The van der Waals surface area contributed by atoms with Crippen LogP contribution in [0.15, 0.2) is 0 Å². The third kappa shape index (κ3) is 3.44. The molecule has 1 unspecified atom stereocenters. The largest absolute Gasteiger partial charge is 0.383 e. The van der Waals surface area contributed by atoms with Gasteiger partial charge in [-0.05, 0) is 19.4 Å². The molecule has 0 aliphatic heterocycles. The van der Waals surface area contributed by atoms with Crippen molar-refractivity contribution in [2.75, 3.05) is 27.4 Å². The molecule has 3 heteroatoms. The molecule has 16 heavy (non-hydrogen) atoms. The Kier molecular flexibility index (Phi) is 6.32. The lowest BCUT2D eigenvalue weighted by Gasteiger charge is -2.39. The highest BCUT2D eigenvalue weighted by atomic mass is 16.5. The molecule has 1 N–H and O–H groups in total. The molecule has 0 aromatic heterocycles. The smallest absolute Gasteiger partial charge is 0.0853 e. The van der Waals surface area contributed by atoms with E-state index in [0.717, 1.165) is 26.0 Å². The van der Waals surface area contributed by atoms with E-state index in [1.807, 2.05) is 7.11 Å². The molecular weight excluding hydrogens is 202 g/mol. The van der Waals surface area contributed by atoms with Crippen LogP contribution in [0.5, 0.6) is 0 Å². The summed E-state index contributed by atoms with van der Waals surface area (Å²) in [6.45, 7) is 3.85. The summed E-state index contributed by atoms with van der Waals surface area (Å²) in [6, 6.07) is 0.325. The minimum atomic E-state index is -0.0114. The van der Waals surface area contributed by atoms with Crippen molar-refractivity contribution in [3.05, 3.63) is 0 Å². The van der Waals surface area contributed by atoms with Crippen LogP contribution in [-0.4, -0.2) is 39.0 Å². The van der Waals surface area contributed by atoms with Crippen molar-refractivity contribution in [3.8, 4) is 0 Å². The molecule has 1 aliphatic rings. The quantitative estimate of drug-likeness (QED) is 0.709. The number of methoxy groups -OCH3 is 2. The fraction of sp³-hybridized carbons (Fsp3) is 1.00. The van der Waals surface area contributed by atoms with E-state index < -0.39 is 0 Å². The molecule has 1 atom stereocenters. The molecule has 1 rings (SSSR count). The van der Waals surface area contributed by atoms with Crippen molar-refractivity contribution >= 4 is 0 Å². The average Bonchev–Trinajstić information content (AvgIpc) is 2.55. The summed E-state index contributed by atoms with van der Waals surface area (Å²) in [5.41, 5.74) is -0.0114. The van der Waals surface area contributed by atoms with Gasteiger partial charge in [0.1, 0.15) is 0 Å². The lowest BCUT2D eigenvalue weighted by Crippen LogP contribution is -2.54. The Morgan fingerprint density at radius 2 is 1.75 bits per heavy atom. The van der Waals surface area contributed by atoms with Crippen molar-refractivity contribution in [3.63, 3.8) is 0 Å². The van der Waals surface area contributed by atoms with E-state index in [-0.39, 0.29) is 5.60 Å². The van der Waals surface area contributed by atoms with Crippen LogP contribution < -0.4 is 5.32 Å². The normalized spacial score (nSPS) is 22.7. The van der Waals surface area contributed by atoms with Crippen LogP contribution in [0.3, 0.4) is 0 Å². The highest BCUT2D eigenvalue weighted by Crippen LogP contribution is 2.33. The zero-order chi connectivity index (χ0) is 11.9. The van der Waals surface area contributed by atoms with Gasteiger partial charge >= 0.3 is 0 Å². The molecule has 0 saturated heterocycles. The summed E-state index contributed by atoms with van der Waals surface area (Å²) in [5, 5.41) is 3.52. The van der Waals surface area contributed by atoms with Gasteiger partial charge in [0.15, 0.2) is 0 Å². The third-order valence-corrected chi connectivity index (χ3v) is 3.78. The van der Waals surface area contributed by atoms with Crippen LogP contribution >= 0.6 is 0 Å². The molecule has 0 aromatic carbocycles. The first-order valence-corrected chi connectivity index (χ1v) is 6.56. The van der Waals surface area contributed by atoms with E-state index in [0.29, 0.717) is 6.04 Å².